The summed E-state index contributed by atoms with van der Waals surface area (Å²) in [5, 5.41) is 11.6. The van der Waals surface area contributed by atoms with Gasteiger partial charge in [0.05, 0.1) is 6.04 Å². The summed E-state index contributed by atoms with van der Waals surface area (Å²) in [6.45, 7) is 3.32. The van der Waals surface area contributed by atoms with E-state index in [0.717, 1.165) is 0 Å². The van der Waals surface area contributed by atoms with Crippen LogP contribution in [0.3, 0.4) is 0 Å². The maximum atomic E-state index is 12.7. The van der Waals surface area contributed by atoms with Gasteiger partial charge in [-0.1, -0.05) is 6.92 Å². The van der Waals surface area contributed by atoms with Crippen LogP contribution in [-0.2, 0) is 4.79 Å². The molecule has 5 heteroatoms. The lowest BCUT2D eigenvalue weighted by molar-refractivity contribution is -0.139. The fraction of sp³-hybridized carbons (Fsp3) is 0.385. The number of carboxylic acids is 1. The number of nitrogens with one attached hydrogen (secondary N) is 1. The largest absolute Gasteiger partial charge is 0.480 e. The van der Waals surface area contributed by atoms with Crippen LogP contribution in [0.15, 0.2) is 24.3 Å². The van der Waals surface area contributed by atoms with E-state index in [1.54, 1.807) is 13.8 Å². The zero-order valence-electron chi connectivity index (χ0n) is 10.3. The first-order valence-electron chi connectivity index (χ1n) is 5.74. The van der Waals surface area contributed by atoms with E-state index >= 15 is 0 Å². The van der Waals surface area contributed by atoms with Gasteiger partial charge in [0.1, 0.15) is 11.9 Å². The third kappa shape index (κ3) is 3.63. The minimum atomic E-state index is -0.990. The van der Waals surface area contributed by atoms with Gasteiger partial charge in [-0.3, -0.25) is 14.9 Å². The molecule has 1 aromatic carbocycles. The lowest BCUT2D eigenvalue weighted by atomic mass is 10.0. The molecule has 0 saturated heterocycles. The van der Waals surface area contributed by atoms with E-state index in [4.69, 9.17) is 5.11 Å². The minimum absolute atomic E-state index is 0.255. The molecule has 0 heterocycles. The first-order chi connectivity index (χ1) is 8.45. The van der Waals surface area contributed by atoms with Crippen LogP contribution >= 0.6 is 0 Å². The van der Waals surface area contributed by atoms with Gasteiger partial charge in [-0.15, -0.1) is 0 Å². The quantitative estimate of drug-likeness (QED) is 0.759. The fourth-order valence-electron chi connectivity index (χ4n) is 1.61. The number of hydrogen-bond acceptors (Lipinski definition) is 3. The number of carbonyl (C=O) groups is 2. The smallest absolute Gasteiger partial charge is 0.320 e. The summed E-state index contributed by atoms with van der Waals surface area (Å²) >= 11 is 0. The zero-order valence-corrected chi connectivity index (χ0v) is 10.3. The topological polar surface area (TPSA) is 66.4 Å². The number of rotatable bonds is 6. The average molecular weight is 253 g/mol. The second-order valence-electron chi connectivity index (χ2n) is 4.06. The molecule has 0 radical (unpaired) electrons. The summed E-state index contributed by atoms with van der Waals surface area (Å²) < 4.78 is 12.7. The number of Topliss-reactive ketones (excluding diaryl/α,β-unsaturated/α-hetero) is 1. The lowest BCUT2D eigenvalue weighted by Gasteiger charge is -2.18. The highest BCUT2D eigenvalue weighted by Gasteiger charge is 2.22. The van der Waals surface area contributed by atoms with Crippen molar-refractivity contribution in [1.82, 2.24) is 5.32 Å². The van der Waals surface area contributed by atoms with Gasteiger partial charge in [-0.25, -0.2) is 4.39 Å². The summed E-state index contributed by atoms with van der Waals surface area (Å²) in [6.07, 6.45) is 0.385. The Labute approximate surface area is 105 Å². The van der Waals surface area contributed by atoms with E-state index in [0.29, 0.717) is 12.0 Å². The lowest BCUT2D eigenvalue weighted by Crippen LogP contribution is -2.45. The molecule has 0 aliphatic heterocycles. The number of carbonyl (C=O) groups excluding carboxylic acids is 1. The molecule has 0 aliphatic carbocycles. The molecule has 0 aromatic heterocycles. The molecule has 1 rings (SSSR count). The molecule has 2 N–H and O–H groups in total. The predicted octanol–water partition coefficient (Wildman–Crippen LogP) is 1.85. The highest BCUT2D eigenvalue weighted by Crippen LogP contribution is 2.07. The van der Waals surface area contributed by atoms with Crippen LogP contribution in [-0.4, -0.2) is 28.9 Å². The summed E-state index contributed by atoms with van der Waals surface area (Å²) in [7, 11) is 0. The van der Waals surface area contributed by atoms with Gasteiger partial charge in [-0.2, -0.15) is 0 Å². The van der Waals surface area contributed by atoms with Crippen LogP contribution in [0.5, 0.6) is 0 Å². The van der Waals surface area contributed by atoms with E-state index in [9.17, 15) is 14.0 Å². The summed E-state index contributed by atoms with van der Waals surface area (Å²) in [4.78, 5) is 22.8. The molecule has 0 saturated carbocycles. The van der Waals surface area contributed by atoms with Gasteiger partial charge in [0.15, 0.2) is 5.78 Å². The maximum absolute atomic E-state index is 12.7. The fourth-order valence-corrected chi connectivity index (χ4v) is 1.61. The standard InChI is InChI=1S/C13H16FNO3/c1-3-11(13(17)18)15-8(2)12(16)9-4-6-10(14)7-5-9/h4-8,11,15H,3H2,1-2H3,(H,17,18). The van der Waals surface area contributed by atoms with E-state index < -0.39 is 23.9 Å². The van der Waals surface area contributed by atoms with Gasteiger partial charge in [0, 0.05) is 5.56 Å². The Morgan fingerprint density at radius 3 is 2.33 bits per heavy atom. The number of benzene rings is 1. The van der Waals surface area contributed by atoms with Crippen molar-refractivity contribution in [2.75, 3.05) is 0 Å². The third-order valence-corrected chi connectivity index (χ3v) is 2.68. The zero-order chi connectivity index (χ0) is 13.7. The van der Waals surface area contributed by atoms with Gasteiger partial charge in [0.2, 0.25) is 0 Å². The van der Waals surface area contributed by atoms with Crippen LogP contribution < -0.4 is 5.32 Å². The monoisotopic (exact) mass is 253 g/mol. The van der Waals surface area contributed by atoms with Crippen LogP contribution in [0.4, 0.5) is 4.39 Å². The Morgan fingerprint density at radius 2 is 1.89 bits per heavy atom. The maximum Gasteiger partial charge on any atom is 0.320 e. The number of hydrogen-bond donors (Lipinski definition) is 2. The van der Waals surface area contributed by atoms with Gasteiger partial charge in [0.25, 0.3) is 0 Å². The van der Waals surface area contributed by atoms with Gasteiger partial charge in [-0.05, 0) is 37.6 Å². The van der Waals surface area contributed by atoms with Crippen molar-refractivity contribution in [2.45, 2.75) is 32.4 Å². The second kappa shape index (κ2) is 6.26. The van der Waals surface area contributed by atoms with E-state index in [1.165, 1.54) is 24.3 Å². The van der Waals surface area contributed by atoms with Crippen molar-refractivity contribution in [3.63, 3.8) is 0 Å². The first kappa shape index (κ1) is 14.3. The van der Waals surface area contributed by atoms with Gasteiger partial charge >= 0.3 is 5.97 Å². The molecule has 0 aliphatic rings. The number of ketones is 1. The molecule has 4 nitrogen and oxygen atoms in total. The molecule has 1 aromatic rings. The molecule has 0 amide bonds. The molecule has 2 unspecified atom stereocenters. The van der Waals surface area contributed by atoms with Crippen molar-refractivity contribution in [2.24, 2.45) is 0 Å². The van der Waals surface area contributed by atoms with E-state index in [2.05, 4.69) is 5.32 Å². The summed E-state index contributed by atoms with van der Waals surface area (Å²) in [6, 6.07) is 3.79. The molecule has 2 atom stereocenters. The van der Waals surface area contributed by atoms with Gasteiger partial charge < -0.3 is 5.11 Å². The van der Waals surface area contributed by atoms with Crippen LogP contribution in [0.25, 0.3) is 0 Å². The molecular formula is C13H16FNO3. The average Bonchev–Trinajstić information content (AvgIpc) is 2.35. The Bertz CT molecular complexity index is 430. The molecule has 0 spiro atoms. The summed E-state index contributed by atoms with van der Waals surface area (Å²) in [5.74, 6) is -1.66. The second-order valence-corrected chi connectivity index (χ2v) is 4.06. The van der Waals surface area contributed by atoms with Crippen molar-refractivity contribution < 1.29 is 19.1 Å². The van der Waals surface area contributed by atoms with E-state index in [-0.39, 0.29) is 5.78 Å². The minimum Gasteiger partial charge on any atom is -0.480 e. The predicted molar refractivity (Wildman–Crippen MR) is 65.0 cm³/mol. The normalized spacial score (nSPS) is 13.9. The Morgan fingerprint density at radius 1 is 1.33 bits per heavy atom. The number of halogens is 1. The third-order valence-electron chi connectivity index (χ3n) is 2.68. The molecular weight excluding hydrogens is 237 g/mol. The summed E-state index contributed by atoms with van der Waals surface area (Å²) in [5.41, 5.74) is 0.358. The number of carboxylic acid groups (broad SMARTS) is 1. The van der Waals surface area contributed by atoms with Crippen molar-refractivity contribution in [3.8, 4) is 0 Å². The van der Waals surface area contributed by atoms with Crippen LogP contribution in [0.2, 0.25) is 0 Å². The molecule has 18 heavy (non-hydrogen) atoms. The van der Waals surface area contributed by atoms with Crippen molar-refractivity contribution in [3.05, 3.63) is 35.6 Å². The Balaban J connectivity index is 2.72. The first-order valence-corrected chi connectivity index (χ1v) is 5.74. The van der Waals surface area contributed by atoms with E-state index in [1.807, 2.05) is 0 Å². The molecule has 98 valence electrons. The molecule has 0 bridgehead atoms. The van der Waals surface area contributed by atoms with Crippen molar-refractivity contribution in [1.29, 1.82) is 0 Å². The van der Waals surface area contributed by atoms with Crippen LogP contribution in [0.1, 0.15) is 30.6 Å². The number of aliphatic carboxylic acids is 1. The Kier molecular flexibility index (Phi) is 4.97. The van der Waals surface area contributed by atoms with Crippen molar-refractivity contribution >= 4 is 11.8 Å². The highest BCUT2D eigenvalue weighted by atomic mass is 19.1. The highest BCUT2D eigenvalue weighted by molar-refractivity contribution is 6.00. The van der Waals surface area contributed by atoms with Crippen LogP contribution in [0, 0.1) is 5.82 Å². The molecule has 0 fully saturated rings. The Hall–Kier alpha value is -1.75. The SMILES string of the molecule is CCC(NC(C)C(=O)c1ccc(F)cc1)C(=O)O.